The van der Waals surface area contributed by atoms with Gasteiger partial charge in [-0.1, -0.05) is 158 Å². The highest BCUT2D eigenvalue weighted by Gasteiger charge is 2.17. The zero-order valence-electron chi connectivity index (χ0n) is 35.4. The zero-order chi connectivity index (χ0) is 42.7. The van der Waals surface area contributed by atoms with Crippen LogP contribution < -0.4 is 4.90 Å². The van der Waals surface area contributed by atoms with Crippen LogP contribution in [0, 0.1) is 0 Å². The normalized spacial score (nSPS) is 12.4. The molecule has 3 heteroatoms. The van der Waals surface area contributed by atoms with Crippen molar-refractivity contribution in [2.45, 2.75) is 13.8 Å². The largest absolute Gasteiger partial charge is 0.456 e. The molecule has 0 radical (unpaired) electrons. The summed E-state index contributed by atoms with van der Waals surface area (Å²) in [5, 5.41) is 4.75. The van der Waals surface area contributed by atoms with Gasteiger partial charge in [0.25, 0.3) is 0 Å². The summed E-state index contributed by atoms with van der Waals surface area (Å²) in [5.74, 6) is 0. The maximum absolute atomic E-state index is 6.12. The fourth-order valence-electron chi connectivity index (χ4n) is 8.74. The minimum absolute atomic E-state index is 0.898. The van der Waals surface area contributed by atoms with Gasteiger partial charge in [-0.15, -0.1) is 0 Å². The molecule has 2 aromatic heterocycles. The van der Waals surface area contributed by atoms with Crippen LogP contribution in [0.2, 0.25) is 0 Å². The van der Waals surface area contributed by atoms with Gasteiger partial charge in [0.15, 0.2) is 0 Å². The van der Waals surface area contributed by atoms with E-state index in [0.29, 0.717) is 0 Å². The number of aromatic nitrogens is 1. The molecule has 0 spiro atoms. The second-order valence-electron chi connectivity index (χ2n) is 15.8. The second kappa shape index (κ2) is 17.1. The van der Waals surface area contributed by atoms with Crippen LogP contribution in [0.1, 0.15) is 13.8 Å². The number of fused-ring (bicyclic) bond motifs is 6. The first-order valence-corrected chi connectivity index (χ1v) is 21.5. The third kappa shape index (κ3) is 7.51. The summed E-state index contributed by atoms with van der Waals surface area (Å²) in [6.07, 6.45) is 14.3. The Morgan fingerprint density at radius 2 is 1.00 bits per heavy atom. The molecule has 2 heterocycles. The van der Waals surface area contributed by atoms with Gasteiger partial charge in [0.1, 0.15) is 11.2 Å². The van der Waals surface area contributed by atoms with E-state index >= 15 is 0 Å². The maximum Gasteiger partial charge on any atom is 0.135 e. The summed E-state index contributed by atoms with van der Waals surface area (Å²) in [4.78, 5) is 2.33. The molecule has 8 aromatic carbocycles. The van der Waals surface area contributed by atoms with E-state index in [1.54, 1.807) is 0 Å². The highest BCUT2D eigenvalue weighted by atomic mass is 16.3. The minimum Gasteiger partial charge on any atom is -0.456 e. The minimum atomic E-state index is 0.898. The first-order chi connectivity index (χ1) is 31.1. The quantitative estimate of drug-likeness (QED) is 0.121. The lowest BCUT2D eigenvalue weighted by Crippen LogP contribution is -2.16. The smallest absolute Gasteiger partial charge is 0.135 e. The number of furan rings is 1. The molecule has 0 amide bonds. The topological polar surface area (TPSA) is 21.3 Å². The monoisotopic (exact) mass is 810 g/mol. The fraction of sp³-hybridized carbons (Fsp3) is 0.0333. The Hall–Kier alpha value is -8.14. The Labute approximate surface area is 368 Å². The van der Waals surface area contributed by atoms with Crippen LogP contribution >= 0.6 is 0 Å². The van der Waals surface area contributed by atoms with Gasteiger partial charge in [-0.25, -0.2) is 0 Å². The number of para-hydroxylation sites is 3. The zero-order valence-corrected chi connectivity index (χ0v) is 35.4. The van der Waals surface area contributed by atoms with Crippen molar-refractivity contribution in [2.75, 3.05) is 4.90 Å². The number of hydrogen-bond donors (Lipinski definition) is 0. The Balaban J connectivity index is 0.981. The Kier molecular flexibility index (Phi) is 10.6. The molecule has 0 aliphatic carbocycles. The van der Waals surface area contributed by atoms with E-state index in [1.165, 1.54) is 44.2 Å². The van der Waals surface area contributed by atoms with Crippen molar-refractivity contribution in [1.82, 2.24) is 4.57 Å². The number of rotatable bonds is 11. The van der Waals surface area contributed by atoms with Crippen LogP contribution in [0.4, 0.5) is 11.4 Å². The summed E-state index contributed by atoms with van der Waals surface area (Å²) in [5.41, 5.74) is 16.7. The van der Waals surface area contributed by atoms with Crippen molar-refractivity contribution in [2.24, 2.45) is 0 Å². The molecule has 0 aliphatic rings. The summed E-state index contributed by atoms with van der Waals surface area (Å²) in [7, 11) is 0. The summed E-state index contributed by atoms with van der Waals surface area (Å²) >= 11 is 0. The van der Waals surface area contributed by atoms with Crippen LogP contribution in [0.3, 0.4) is 0 Å². The van der Waals surface area contributed by atoms with Crippen molar-refractivity contribution >= 4 is 55.1 Å². The first-order valence-electron chi connectivity index (χ1n) is 21.5. The summed E-state index contributed by atoms with van der Waals surface area (Å²) < 4.78 is 8.48. The second-order valence-corrected chi connectivity index (χ2v) is 15.8. The third-order valence-corrected chi connectivity index (χ3v) is 11.9. The number of allylic oxidation sites excluding steroid dienone is 8. The van der Waals surface area contributed by atoms with Crippen molar-refractivity contribution in [3.8, 4) is 39.1 Å². The van der Waals surface area contributed by atoms with Crippen molar-refractivity contribution in [3.63, 3.8) is 0 Å². The van der Waals surface area contributed by atoms with Crippen LogP contribution in [0.5, 0.6) is 0 Å². The lowest BCUT2D eigenvalue weighted by Gasteiger charge is -2.28. The number of anilines is 2. The summed E-state index contributed by atoms with van der Waals surface area (Å²) in [6, 6.07) is 67.5. The molecule has 0 saturated carbocycles. The average molecular weight is 811 g/mol. The Morgan fingerprint density at radius 3 is 1.67 bits per heavy atom. The van der Waals surface area contributed by atoms with Crippen LogP contribution in [-0.2, 0) is 0 Å². The molecule has 0 unspecified atom stereocenters. The molecule has 0 fully saturated rings. The fourth-order valence-corrected chi connectivity index (χ4v) is 8.74. The van der Waals surface area contributed by atoms with E-state index in [-0.39, 0.29) is 0 Å². The molecule has 0 bridgehead atoms. The van der Waals surface area contributed by atoms with Crippen molar-refractivity contribution in [1.29, 1.82) is 0 Å². The molecule has 0 aliphatic heterocycles. The number of nitrogens with zero attached hydrogens (tertiary/aromatic N) is 2. The molecule has 0 N–H and O–H groups in total. The Morgan fingerprint density at radius 1 is 0.476 bits per heavy atom. The molecule has 63 heavy (non-hydrogen) atoms. The predicted octanol–water partition coefficient (Wildman–Crippen LogP) is 17.0. The van der Waals surface area contributed by atoms with Gasteiger partial charge in [0, 0.05) is 44.3 Å². The van der Waals surface area contributed by atoms with Gasteiger partial charge in [0.05, 0.1) is 11.0 Å². The van der Waals surface area contributed by atoms with Crippen LogP contribution in [0.15, 0.2) is 253 Å². The average Bonchev–Trinajstić information content (AvgIpc) is 3.89. The van der Waals surface area contributed by atoms with E-state index in [1.807, 2.05) is 37.3 Å². The SMILES string of the molecule is C=C\C=C/C(C)=C(/C=C\C=C\C)N(c1ccc(-c2ccc(-c3ccc4c(c3)c3ccccc3n4-c3ccccc3)cc2)cc1)c1ccc(-c2ccc3oc4ccccc4c3c2)cc1. The lowest BCUT2D eigenvalue weighted by atomic mass is 9.98. The molecule has 3 nitrogen and oxygen atoms in total. The molecular formula is C60H46N2O. The van der Waals surface area contributed by atoms with Crippen LogP contribution in [0.25, 0.3) is 82.8 Å². The van der Waals surface area contributed by atoms with Crippen LogP contribution in [-0.4, -0.2) is 4.57 Å². The molecule has 10 aromatic rings. The third-order valence-electron chi connectivity index (χ3n) is 11.9. The molecule has 302 valence electrons. The van der Waals surface area contributed by atoms with E-state index in [9.17, 15) is 0 Å². The highest BCUT2D eigenvalue weighted by Crippen LogP contribution is 2.39. The Bertz CT molecular complexity index is 3390. The lowest BCUT2D eigenvalue weighted by molar-refractivity contribution is 0.669. The molecular weight excluding hydrogens is 765 g/mol. The van der Waals surface area contributed by atoms with E-state index < -0.39 is 0 Å². The van der Waals surface area contributed by atoms with Gasteiger partial charge >= 0.3 is 0 Å². The maximum atomic E-state index is 6.12. The van der Waals surface area contributed by atoms with Gasteiger partial charge in [-0.2, -0.15) is 0 Å². The van der Waals surface area contributed by atoms with E-state index in [4.69, 9.17) is 4.42 Å². The van der Waals surface area contributed by atoms with Gasteiger partial charge in [0.2, 0.25) is 0 Å². The highest BCUT2D eigenvalue weighted by molar-refractivity contribution is 6.10. The van der Waals surface area contributed by atoms with Gasteiger partial charge < -0.3 is 13.9 Å². The van der Waals surface area contributed by atoms with E-state index in [0.717, 1.165) is 61.3 Å². The standard InChI is InChI=1S/C60H46N2O/c1-4-6-9-21-56(42(3)16-7-5-2)61(51-36-30-46(31-37-51)48-33-39-60-55(41-48)53-20-13-15-23-59(53)63-60)50-34-28-44(29-35-50)43-24-26-45(27-25-43)47-32-38-58-54(40-47)52-19-12-14-22-57(52)62(58)49-17-10-8-11-18-49/h4-41H,2H2,1,3H3/b6-4+,16-7-,21-9-,56-42-. The van der Waals surface area contributed by atoms with Crippen molar-refractivity contribution < 1.29 is 4.42 Å². The van der Waals surface area contributed by atoms with Gasteiger partial charge in [-0.05, 0) is 132 Å². The summed E-state index contributed by atoms with van der Waals surface area (Å²) in [6.45, 7) is 8.12. The molecule has 10 rings (SSSR count). The first kappa shape index (κ1) is 39.0. The van der Waals surface area contributed by atoms with Crippen molar-refractivity contribution in [3.05, 3.63) is 248 Å². The molecule has 0 atom stereocenters. The number of benzene rings is 8. The van der Waals surface area contributed by atoms with E-state index in [2.05, 4.69) is 223 Å². The molecule has 0 saturated heterocycles. The predicted molar refractivity (Wildman–Crippen MR) is 269 cm³/mol. The van der Waals surface area contributed by atoms with Gasteiger partial charge in [-0.3, -0.25) is 0 Å². The number of hydrogen-bond acceptors (Lipinski definition) is 2.